The van der Waals surface area contributed by atoms with E-state index < -0.39 is 11.9 Å². The fourth-order valence-electron chi connectivity index (χ4n) is 2.67. The van der Waals surface area contributed by atoms with Crippen LogP contribution in [0.25, 0.3) is 0 Å². The van der Waals surface area contributed by atoms with Gasteiger partial charge in [0.25, 0.3) is 11.8 Å². The lowest BCUT2D eigenvalue weighted by Crippen LogP contribution is -2.35. The van der Waals surface area contributed by atoms with Crippen LogP contribution in [-0.2, 0) is 11.3 Å². The van der Waals surface area contributed by atoms with E-state index in [0.29, 0.717) is 22.0 Å². The van der Waals surface area contributed by atoms with Crippen molar-refractivity contribution in [2.24, 2.45) is 0 Å². The summed E-state index contributed by atoms with van der Waals surface area (Å²) in [7, 11) is 0. The molecular weight excluding hydrogens is 407 g/mol. The third-order valence-electron chi connectivity index (χ3n) is 4.25. The molecule has 1 atom stereocenters. The maximum absolute atomic E-state index is 13.0. The number of carbonyl (C=O) groups excluding carboxylic acids is 2. The van der Waals surface area contributed by atoms with Gasteiger partial charge in [0.15, 0.2) is 6.10 Å². The van der Waals surface area contributed by atoms with Gasteiger partial charge in [-0.3, -0.25) is 9.59 Å². The maximum Gasteiger partial charge on any atom is 0.261 e. The standard InChI is InChI=1S/C23H20ClFN2O3/c1-15(30-21-11-7-18(24)8-12-21)22(28)26-14-16-3-2-4-20(13-16)27-23(29)17-5-9-19(25)10-6-17/h2-13,15H,14H2,1H3,(H,26,28)(H,27,29). The zero-order chi connectivity index (χ0) is 21.5. The number of carbonyl (C=O) groups is 2. The van der Waals surface area contributed by atoms with E-state index in [4.69, 9.17) is 16.3 Å². The van der Waals surface area contributed by atoms with Crippen LogP contribution < -0.4 is 15.4 Å². The first kappa shape index (κ1) is 21.3. The minimum atomic E-state index is -0.687. The molecule has 3 rings (SSSR count). The molecule has 2 amide bonds. The van der Waals surface area contributed by atoms with Crippen molar-refractivity contribution in [2.45, 2.75) is 19.6 Å². The van der Waals surface area contributed by atoms with Gasteiger partial charge in [-0.15, -0.1) is 0 Å². The average molecular weight is 427 g/mol. The van der Waals surface area contributed by atoms with Gasteiger partial charge >= 0.3 is 0 Å². The Bertz CT molecular complexity index is 1020. The molecule has 1 unspecified atom stereocenters. The van der Waals surface area contributed by atoms with E-state index in [0.717, 1.165) is 5.56 Å². The van der Waals surface area contributed by atoms with Crippen LogP contribution in [0.3, 0.4) is 0 Å². The van der Waals surface area contributed by atoms with Gasteiger partial charge in [0.2, 0.25) is 0 Å². The fraction of sp³-hybridized carbons (Fsp3) is 0.130. The molecule has 0 spiro atoms. The molecule has 0 saturated heterocycles. The topological polar surface area (TPSA) is 67.4 Å². The number of hydrogen-bond acceptors (Lipinski definition) is 3. The SMILES string of the molecule is CC(Oc1ccc(Cl)cc1)C(=O)NCc1cccc(NC(=O)c2ccc(F)cc2)c1. The lowest BCUT2D eigenvalue weighted by molar-refractivity contribution is -0.127. The van der Waals surface area contributed by atoms with Crippen LogP contribution in [0.1, 0.15) is 22.8 Å². The Morgan fingerprint density at radius 1 is 1.03 bits per heavy atom. The van der Waals surface area contributed by atoms with Crippen molar-refractivity contribution < 1.29 is 18.7 Å². The highest BCUT2D eigenvalue weighted by Gasteiger charge is 2.14. The largest absolute Gasteiger partial charge is 0.481 e. The van der Waals surface area contributed by atoms with E-state index in [1.807, 2.05) is 6.07 Å². The third-order valence-corrected chi connectivity index (χ3v) is 4.51. The molecule has 5 nitrogen and oxygen atoms in total. The molecule has 154 valence electrons. The van der Waals surface area contributed by atoms with E-state index in [-0.39, 0.29) is 18.4 Å². The van der Waals surface area contributed by atoms with Crippen molar-refractivity contribution in [3.63, 3.8) is 0 Å². The highest BCUT2D eigenvalue weighted by atomic mass is 35.5. The van der Waals surface area contributed by atoms with Crippen molar-refractivity contribution in [1.82, 2.24) is 5.32 Å². The predicted octanol–water partition coefficient (Wildman–Crippen LogP) is 4.82. The van der Waals surface area contributed by atoms with E-state index >= 15 is 0 Å². The normalized spacial score (nSPS) is 11.4. The number of ether oxygens (including phenoxy) is 1. The van der Waals surface area contributed by atoms with Crippen LogP contribution in [0.4, 0.5) is 10.1 Å². The minimum absolute atomic E-state index is 0.271. The van der Waals surface area contributed by atoms with Gasteiger partial charge in [-0.2, -0.15) is 0 Å². The summed E-state index contributed by atoms with van der Waals surface area (Å²) in [5.74, 6) is -0.474. The first-order valence-corrected chi connectivity index (χ1v) is 9.64. The number of rotatable bonds is 7. The molecule has 0 aromatic heterocycles. The first-order valence-electron chi connectivity index (χ1n) is 9.26. The second-order valence-corrected chi connectivity index (χ2v) is 7.03. The molecule has 2 N–H and O–H groups in total. The number of anilines is 1. The monoisotopic (exact) mass is 426 g/mol. The Morgan fingerprint density at radius 2 is 1.73 bits per heavy atom. The molecule has 7 heteroatoms. The number of amides is 2. The molecule has 0 aliphatic rings. The molecule has 3 aromatic rings. The summed E-state index contributed by atoms with van der Waals surface area (Å²) < 4.78 is 18.6. The van der Waals surface area contributed by atoms with Gasteiger partial charge in [0.05, 0.1) is 0 Å². The summed E-state index contributed by atoms with van der Waals surface area (Å²) in [5, 5.41) is 6.15. The van der Waals surface area contributed by atoms with E-state index in [1.165, 1.54) is 24.3 Å². The highest BCUT2D eigenvalue weighted by molar-refractivity contribution is 6.30. The van der Waals surface area contributed by atoms with Crippen LogP contribution in [0.2, 0.25) is 5.02 Å². The lowest BCUT2D eigenvalue weighted by Gasteiger charge is -2.15. The van der Waals surface area contributed by atoms with Crippen molar-refractivity contribution >= 4 is 29.1 Å². The Balaban J connectivity index is 1.54. The molecule has 0 heterocycles. The highest BCUT2D eigenvalue weighted by Crippen LogP contribution is 2.17. The van der Waals surface area contributed by atoms with Gasteiger partial charge in [-0.25, -0.2) is 4.39 Å². The maximum atomic E-state index is 13.0. The Hall–Kier alpha value is -3.38. The number of nitrogens with one attached hydrogen (secondary N) is 2. The summed E-state index contributed by atoms with van der Waals surface area (Å²) in [6, 6.07) is 19.1. The summed E-state index contributed by atoms with van der Waals surface area (Å²) in [6.07, 6.45) is -0.687. The van der Waals surface area contributed by atoms with Crippen molar-refractivity contribution in [3.8, 4) is 5.75 Å². The van der Waals surface area contributed by atoms with Gasteiger partial charge in [0, 0.05) is 22.8 Å². The second kappa shape index (κ2) is 9.89. The molecule has 0 fully saturated rings. The molecule has 30 heavy (non-hydrogen) atoms. The zero-order valence-electron chi connectivity index (χ0n) is 16.2. The van der Waals surface area contributed by atoms with Gasteiger partial charge in [-0.05, 0) is 73.2 Å². The van der Waals surface area contributed by atoms with Crippen LogP contribution in [0, 0.1) is 5.82 Å². The van der Waals surface area contributed by atoms with Gasteiger partial charge in [0.1, 0.15) is 11.6 Å². The first-order chi connectivity index (χ1) is 14.4. The van der Waals surface area contributed by atoms with Crippen LogP contribution in [-0.4, -0.2) is 17.9 Å². The van der Waals surface area contributed by atoms with Crippen molar-refractivity contribution in [2.75, 3.05) is 5.32 Å². The van der Waals surface area contributed by atoms with Gasteiger partial charge in [-0.1, -0.05) is 23.7 Å². The van der Waals surface area contributed by atoms with Crippen molar-refractivity contribution in [1.29, 1.82) is 0 Å². The number of hydrogen-bond donors (Lipinski definition) is 2. The van der Waals surface area contributed by atoms with E-state index in [1.54, 1.807) is 49.4 Å². The molecule has 0 aliphatic heterocycles. The number of halogens is 2. The summed E-state index contributed by atoms with van der Waals surface area (Å²) in [4.78, 5) is 24.6. The summed E-state index contributed by atoms with van der Waals surface area (Å²) in [6.45, 7) is 1.93. The molecular formula is C23H20ClFN2O3. The molecule has 0 aliphatic carbocycles. The second-order valence-electron chi connectivity index (χ2n) is 6.59. The van der Waals surface area contributed by atoms with Crippen molar-refractivity contribution in [3.05, 3.63) is 94.8 Å². The lowest BCUT2D eigenvalue weighted by atomic mass is 10.1. The number of benzene rings is 3. The van der Waals surface area contributed by atoms with Crippen LogP contribution in [0.5, 0.6) is 5.75 Å². The molecule has 0 bridgehead atoms. The van der Waals surface area contributed by atoms with Gasteiger partial charge < -0.3 is 15.4 Å². The molecule has 0 saturated carbocycles. The summed E-state index contributed by atoms with van der Waals surface area (Å²) >= 11 is 5.84. The molecule has 0 radical (unpaired) electrons. The summed E-state index contributed by atoms with van der Waals surface area (Å²) in [5.41, 5.74) is 1.73. The van der Waals surface area contributed by atoms with E-state index in [9.17, 15) is 14.0 Å². The quantitative estimate of drug-likeness (QED) is 0.569. The smallest absolute Gasteiger partial charge is 0.261 e. The van der Waals surface area contributed by atoms with Crippen LogP contribution in [0.15, 0.2) is 72.8 Å². The minimum Gasteiger partial charge on any atom is -0.481 e. The average Bonchev–Trinajstić information content (AvgIpc) is 2.74. The third kappa shape index (κ3) is 6.06. The predicted molar refractivity (Wildman–Crippen MR) is 114 cm³/mol. The Morgan fingerprint density at radius 3 is 2.43 bits per heavy atom. The van der Waals surface area contributed by atoms with Crippen LogP contribution >= 0.6 is 11.6 Å². The van der Waals surface area contributed by atoms with E-state index in [2.05, 4.69) is 10.6 Å². The Kier molecular flexibility index (Phi) is 7.03. The Labute approximate surface area is 178 Å². The molecule has 3 aromatic carbocycles. The fourth-order valence-corrected chi connectivity index (χ4v) is 2.79. The zero-order valence-corrected chi connectivity index (χ0v) is 16.9.